The number of methoxy groups -OCH3 is 2. The van der Waals surface area contributed by atoms with Gasteiger partial charge in [0.05, 0.1) is 30.8 Å². The minimum atomic E-state index is -0.967. The van der Waals surface area contributed by atoms with Crippen LogP contribution in [0.15, 0.2) is 52.4 Å². The smallest absolute Gasteiger partial charge is 0.266 e. The number of Topliss-reactive ketones (excluding diaryl/α,β-unsaturated/α-hetero) is 2. The van der Waals surface area contributed by atoms with Crippen molar-refractivity contribution in [1.29, 1.82) is 0 Å². The maximum atomic E-state index is 13.4. The summed E-state index contributed by atoms with van der Waals surface area (Å²) in [6.45, 7) is 2.68. The Bertz CT molecular complexity index is 1140. The predicted octanol–water partition coefficient (Wildman–Crippen LogP) is 3.04. The first-order valence-corrected chi connectivity index (χ1v) is 9.67. The highest BCUT2D eigenvalue weighted by Crippen LogP contribution is 2.32. The van der Waals surface area contributed by atoms with E-state index in [1.165, 1.54) is 32.6 Å². The van der Waals surface area contributed by atoms with Gasteiger partial charge < -0.3 is 9.47 Å². The SMILES string of the molecule is COc1ccc(OC)c(-n2c(SC(C(C)=O)C(C)=O)nc3ccccc3c2=O)c1. The molecule has 0 saturated carbocycles. The van der Waals surface area contributed by atoms with E-state index in [0.717, 1.165) is 11.8 Å². The van der Waals surface area contributed by atoms with Gasteiger partial charge in [0.2, 0.25) is 0 Å². The Morgan fingerprint density at radius 3 is 2.34 bits per heavy atom. The summed E-state index contributed by atoms with van der Waals surface area (Å²) in [5.74, 6) is 0.323. The van der Waals surface area contributed by atoms with Crippen molar-refractivity contribution >= 4 is 34.2 Å². The molecule has 0 radical (unpaired) electrons. The highest BCUT2D eigenvalue weighted by atomic mass is 32.2. The van der Waals surface area contributed by atoms with Gasteiger partial charge in [0.25, 0.3) is 5.56 Å². The second kappa shape index (κ2) is 8.48. The van der Waals surface area contributed by atoms with Crippen LogP contribution in [0.4, 0.5) is 0 Å². The molecule has 0 unspecified atom stereocenters. The monoisotopic (exact) mass is 412 g/mol. The molecule has 1 heterocycles. The lowest BCUT2D eigenvalue weighted by atomic mass is 10.2. The lowest BCUT2D eigenvalue weighted by molar-refractivity contribution is -0.123. The normalized spacial score (nSPS) is 10.9. The molecular weight excluding hydrogens is 392 g/mol. The minimum Gasteiger partial charge on any atom is -0.497 e. The van der Waals surface area contributed by atoms with Crippen LogP contribution in [0.25, 0.3) is 16.6 Å². The number of thioether (sulfide) groups is 1. The summed E-state index contributed by atoms with van der Waals surface area (Å²) in [6.07, 6.45) is 0. The molecule has 29 heavy (non-hydrogen) atoms. The number of para-hydroxylation sites is 1. The van der Waals surface area contributed by atoms with Crippen LogP contribution in [-0.4, -0.2) is 40.6 Å². The summed E-state index contributed by atoms with van der Waals surface area (Å²) in [6, 6.07) is 11.9. The van der Waals surface area contributed by atoms with E-state index in [2.05, 4.69) is 4.98 Å². The molecule has 1 aromatic heterocycles. The molecule has 150 valence electrons. The Balaban J connectivity index is 2.36. The fourth-order valence-electron chi connectivity index (χ4n) is 2.93. The van der Waals surface area contributed by atoms with Gasteiger partial charge in [0.1, 0.15) is 16.7 Å². The van der Waals surface area contributed by atoms with Crippen molar-refractivity contribution in [2.45, 2.75) is 24.3 Å². The van der Waals surface area contributed by atoms with E-state index in [9.17, 15) is 14.4 Å². The average molecular weight is 412 g/mol. The van der Waals surface area contributed by atoms with Gasteiger partial charge in [0.15, 0.2) is 16.7 Å². The summed E-state index contributed by atoms with van der Waals surface area (Å²) in [4.78, 5) is 42.0. The van der Waals surface area contributed by atoms with Crippen molar-refractivity contribution in [2.75, 3.05) is 14.2 Å². The molecule has 0 spiro atoms. The topological polar surface area (TPSA) is 87.5 Å². The third-order valence-electron chi connectivity index (χ3n) is 4.33. The maximum Gasteiger partial charge on any atom is 0.266 e. The van der Waals surface area contributed by atoms with Gasteiger partial charge in [-0.25, -0.2) is 4.98 Å². The molecule has 0 aliphatic heterocycles. The largest absolute Gasteiger partial charge is 0.497 e. The first kappa shape index (κ1) is 20.6. The van der Waals surface area contributed by atoms with Gasteiger partial charge in [-0.05, 0) is 38.1 Å². The van der Waals surface area contributed by atoms with E-state index >= 15 is 0 Å². The summed E-state index contributed by atoms with van der Waals surface area (Å²) >= 11 is 0.944. The molecule has 0 N–H and O–H groups in total. The molecule has 0 bridgehead atoms. The molecule has 2 aromatic carbocycles. The number of rotatable bonds is 7. The van der Waals surface area contributed by atoms with Gasteiger partial charge in [-0.3, -0.25) is 19.0 Å². The highest BCUT2D eigenvalue weighted by molar-refractivity contribution is 8.01. The number of nitrogens with zero attached hydrogens (tertiary/aromatic N) is 2. The quantitative estimate of drug-likeness (QED) is 0.335. The minimum absolute atomic E-state index is 0.218. The summed E-state index contributed by atoms with van der Waals surface area (Å²) < 4.78 is 12.1. The number of ether oxygens (including phenoxy) is 2. The van der Waals surface area contributed by atoms with E-state index in [1.54, 1.807) is 42.5 Å². The Morgan fingerprint density at radius 2 is 1.72 bits per heavy atom. The first-order valence-electron chi connectivity index (χ1n) is 8.79. The van der Waals surface area contributed by atoms with E-state index < -0.39 is 5.25 Å². The van der Waals surface area contributed by atoms with E-state index in [-0.39, 0.29) is 22.3 Å². The molecule has 0 fully saturated rings. The molecule has 0 amide bonds. The third-order valence-corrected chi connectivity index (χ3v) is 5.72. The zero-order chi connectivity index (χ0) is 21.1. The fraction of sp³-hybridized carbons (Fsp3) is 0.238. The first-order chi connectivity index (χ1) is 13.9. The van der Waals surface area contributed by atoms with Crippen molar-refractivity contribution in [3.05, 3.63) is 52.8 Å². The van der Waals surface area contributed by atoms with Crippen LogP contribution in [0.2, 0.25) is 0 Å². The molecular formula is C21H20N2O5S. The molecule has 0 atom stereocenters. The second-order valence-electron chi connectivity index (χ2n) is 6.31. The summed E-state index contributed by atoms with van der Waals surface area (Å²) in [5.41, 5.74) is 0.544. The predicted molar refractivity (Wildman–Crippen MR) is 111 cm³/mol. The van der Waals surface area contributed by atoms with Crippen LogP contribution in [0.1, 0.15) is 13.8 Å². The zero-order valence-corrected chi connectivity index (χ0v) is 17.3. The summed E-state index contributed by atoms with van der Waals surface area (Å²) in [7, 11) is 3.01. The average Bonchev–Trinajstić information content (AvgIpc) is 2.71. The van der Waals surface area contributed by atoms with Crippen molar-refractivity contribution < 1.29 is 19.1 Å². The Hall–Kier alpha value is -3.13. The van der Waals surface area contributed by atoms with Crippen LogP contribution in [0.3, 0.4) is 0 Å². The number of aromatic nitrogens is 2. The van der Waals surface area contributed by atoms with Crippen molar-refractivity contribution in [3.8, 4) is 17.2 Å². The lowest BCUT2D eigenvalue weighted by Crippen LogP contribution is -2.27. The molecule has 0 aliphatic rings. The number of carbonyl (C=O) groups is 2. The Kier molecular flexibility index (Phi) is 6.03. The van der Waals surface area contributed by atoms with E-state index in [4.69, 9.17) is 9.47 Å². The fourth-order valence-corrected chi connectivity index (χ4v) is 3.91. The van der Waals surface area contributed by atoms with Crippen molar-refractivity contribution in [2.24, 2.45) is 0 Å². The molecule has 8 heteroatoms. The number of carbonyl (C=O) groups excluding carboxylic acids is 2. The molecule has 7 nitrogen and oxygen atoms in total. The van der Waals surface area contributed by atoms with Crippen molar-refractivity contribution in [3.63, 3.8) is 0 Å². The van der Waals surface area contributed by atoms with E-state index in [0.29, 0.717) is 28.1 Å². The van der Waals surface area contributed by atoms with Gasteiger partial charge >= 0.3 is 0 Å². The van der Waals surface area contributed by atoms with E-state index in [1.807, 2.05) is 0 Å². The summed E-state index contributed by atoms with van der Waals surface area (Å²) in [5, 5.41) is -0.342. The Labute approximate surface area is 171 Å². The zero-order valence-electron chi connectivity index (χ0n) is 16.5. The Morgan fingerprint density at radius 1 is 1.03 bits per heavy atom. The second-order valence-corrected chi connectivity index (χ2v) is 7.38. The lowest BCUT2D eigenvalue weighted by Gasteiger charge is -2.18. The molecule has 3 aromatic rings. The highest BCUT2D eigenvalue weighted by Gasteiger charge is 2.26. The number of hydrogen-bond donors (Lipinski definition) is 0. The van der Waals surface area contributed by atoms with Gasteiger partial charge in [-0.15, -0.1) is 0 Å². The van der Waals surface area contributed by atoms with Crippen LogP contribution >= 0.6 is 11.8 Å². The van der Waals surface area contributed by atoms with Crippen LogP contribution in [-0.2, 0) is 9.59 Å². The van der Waals surface area contributed by atoms with Crippen LogP contribution in [0, 0.1) is 0 Å². The molecule has 3 rings (SSSR count). The number of hydrogen-bond acceptors (Lipinski definition) is 7. The number of benzene rings is 2. The number of ketones is 2. The third kappa shape index (κ3) is 4.02. The standard InChI is InChI=1S/C21H20N2O5S/c1-12(24)19(13(2)25)29-21-22-16-8-6-5-7-15(16)20(26)23(21)17-11-14(27-3)9-10-18(17)28-4/h5-11,19H,1-4H3. The van der Waals surface area contributed by atoms with Crippen LogP contribution < -0.4 is 15.0 Å². The number of fused-ring (bicyclic) bond motifs is 1. The molecule has 0 aliphatic carbocycles. The van der Waals surface area contributed by atoms with Gasteiger partial charge in [-0.1, -0.05) is 23.9 Å². The van der Waals surface area contributed by atoms with Gasteiger partial charge in [-0.2, -0.15) is 0 Å². The van der Waals surface area contributed by atoms with Crippen molar-refractivity contribution in [1.82, 2.24) is 9.55 Å². The maximum absolute atomic E-state index is 13.4. The van der Waals surface area contributed by atoms with Gasteiger partial charge in [0, 0.05) is 6.07 Å². The molecule has 0 saturated heterocycles. The van der Waals surface area contributed by atoms with Crippen LogP contribution in [0.5, 0.6) is 11.5 Å².